The monoisotopic (exact) mass is 384 g/mol. The number of hydrogen-bond donors (Lipinski definition) is 2. The van der Waals surface area contributed by atoms with Gasteiger partial charge in [-0.1, -0.05) is 12.8 Å². The van der Waals surface area contributed by atoms with Crippen LogP contribution < -0.4 is 10.1 Å². The molecule has 0 bridgehead atoms. The predicted octanol–water partition coefficient (Wildman–Crippen LogP) is 1.46. The molecule has 0 saturated heterocycles. The molecule has 0 spiro atoms. The van der Waals surface area contributed by atoms with E-state index in [1.54, 1.807) is 0 Å². The summed E-state index contributed by atoms with van der Waals surface area (Å²) in [6.07, 6.45) is 2.71. The highest BCUT2D eigenvalue weighted by Crippen LogP contribution is 2.33. The van der Waals surface area contributed by atoms with E-state index in [0.717, 1.165) is 17.1 Å². The summed E-state index contributed by atoms with van der Waals surface area (Å²) < 4.78 is 31.1. The van der Waals surface area contributed by atoms with Gasteiger partial charge in [0.2, 0.25) is 10.0 Å². The number of hydrogen-bond acceptors (Lipinski definition) is 5. The number of ether oxygens (including phenoxy) is 1. The Kier molecular flexibility index (Phi) is 5.92. The number of aliphatic carboxylic acids is 1. The second-order valence-corrected chi connectivity index (χ2v) is 8.79. The van der Waals surface area contributed by atoms with Crippen molar-refractivity contribution in [3.8, 4) is 5.75 Å². The number of carboxylic acid groups (broad SMARTS) is 1. The number of nitrogens with one attached hydrogen (secondary N) is 1. The van der Waals surface area contributed by atoms with Crippen LogP contribution in [0.3, 0.4) is 0 Å². The average Bonchev–Trinajstić information content (AvgIpc) is 3.01. The van der Waals surface area contributed by atoms with Crippen LogP contribution in [-0.2, 0) is 14.8 Å². The van der Waals surface area contributed by atoms with Crippen molar-refractivity contribution in [2.45, 2.75) is 42.5 Å². The van der Waals surface area contributed by atoms with Crippen LogP contribution in [-0.4, -0.2) is 56.5 Å². The van der Waals surface area contributed by atoms with E-state index in [2.05, 4.69) is 5.32 Å². The summed E-state index contributed by atoms with van der Waals surface area (Å²) in [5.74, 6) is -1.33. The number of carboxylic acids is 1. The maximum atomic E-state index is 12.7. The normalized spacial score (nSPS) is 16.5. The number of carbonyl (C=O) groups is 2. The lowest BCUT2D eigenvalue weighted by Gasteiger charge is -2.28. The first kappa shape index (κ1) is 20.2. The van der Waals surface area contributed by atoms with Crippen molar-refractivity contribution >= 4 is 21.9 Å². The van der Waals surface area contributed by atoms with Gasteiger partial charge in [-0.2, -0.15) is 0 Å². The molecule has 0 atom stereocenters. The Labute approximate surface area is 153 Å². The van der Waals surface area contributed by atoms with E-state index < -0.39 is 27.4 Å². The molecule has 0 heterocycles. The first-order valence-corrected chi connectivity index (χ1v) is 9.70. The number of methoxy groups -OCH3 is 1. The van der Waals surface area contributed by atoms with Gasteiger partial charge in [-0.3, -0.25) is 9.59 Å². The average molecular weight is 384 g/mol. The summed E-state index contributed by atoms with van der Waals surface area (Å²) in [6, 6.07) is 4.14. The van der Waals surface area contributed by atoms with Crippen molar-refractivity contribution in [2.24, 2.45) is 0 Å². The van der Waals surface area contributed by atoms with Crippen LogP contribution in [0.25, 0.3) is 0 Å². The Morgan fingerprint density at radius 3 is 2.38 bits per heavy atom. The van der Waals surface area contributed by atoms with Gasteiger partial charge < -0.3 is 15.2 Å². The zero-order valence-electron chi connectivity index (χ0n) is 15.1. The second-order valence-electron chi connectivity index (χ2n) is 6.67. The van der Waals surface area contributed by atoms with Crippen LogP contribution in [0.5, 0.6) is 5.75 Å². The first-order valence-electron chi connectivity index (χ1n) is 8.26. The predicted molar refractivity (Wildman–Crippen MR) is 94.8 cm³/mol. The molecule has 0 radical (unpaired) electrons. The minimum absolute atomic E-state index is 0.114. The van der Waals surface area contributed by atoms with E-state index in [0.29, 0.717) is 12.8 Å². The number of nitrogens with zero attached hydrogens (tertiary/aromatic N) is 1. The van der Waals surface area contributed by atoms with Gasteiger partial charge in [-0.15, -0.1) is 0 Å². The minimum atomic E-state index is -3.80. The molecule has 8 nitrogen and oxygen atoms in total. The molecule has 1 aromatic rings. The van der Waals surface area contributed by atoms with Gasteiger partial charge in [0.25, 0.3) is 5.91 Å². The Hall–Kier alpha value is -2.13. The van der Waals surface area contributed by atoms with Crippen molar-refractivity contribution in [3.05, 3.63) is 23.8 Å². The van der Waals surface area contributed by atoms with E-state index in [1.165, 1.54) is 39.4 Å². The van der Waals surface area contributed by atoms with Gasteiger partial charge in [0.15, 0.2) is 0 Å². The van der Waals surface area contributed by atoms with E-state index >= 15 is 0 Å². The summed E-state index contributed by atoms with van der Waals surface area (Å²) in [5, 5.41) is 12.0. The number of carbonyl (C=O) groups excluding carboxylic acids is 1. The van der Waals surface area contributed by atoms with Gasteiger partial charge in [-0.25, -0.2) is 12.7 Å². The van der Waals surface area contributed by atoms with Crippen LogP contribution in [0.4, 0.5) is 0 Å². The zero-order chi connectivity index (χ0) is 19.5. The summed E-state index contributed by atoms with van der Waals surface area (Å²) >= 11 is 0. The number of sulfonamides is 1. The Morgan fingerprint density at radius 1 is 1.27 bits per heavy atom. The first-order chi connectivity index (χ1) is 12.1. The molecule has 26 heavy (non-hydrogen) atoms. The molecule has 9 heteroatoms. The van der Waals surface area contributed by atoms with Crippen LogP contribution in [0.1, 0.15) is 42.5 Å². The molecular formula is C17H24N2O6S. The molecule has 0 aromatic heterocycles. The van der Waals surface area contributed by atoms with Crippen molar-refractivity contribution in [1.82, 2.24) is 9.62 Å². The lowest BCUT2D eigenvalue weighted by atomic mass is 9.92. The third kappa shape index (κ3) is 4.16. The zero-order valence-corrected chi connectivity index (χ0v) is 15.9. The van der Waals surface area contributed by atoms with Crippen LogP contribution >= 0.6 is 0 Å². The smallest absolute Gasteiger partial charge is 0.305 e. The maximum Gasteiger partial charge on any atom is 0.305 e. The van der Waals surface area contributed by atoms with Crippen molar-refractivity contribution in [1.29, 1.82) is 0 Å². The number of rotatable bonds is 7. The van der Waals surface area contributed by atoms with Crippen LogP contribution in [0.15, 0.2) is 23.1 Å². The molecule has 144 valence electrons. The van der Waals surface area contributed by atoms with Gasteiger partial charge >= 0.3 is 5.97 Å². The number of amides is 1. The second kappa shape index (κ2) is 7.63. The molecule has 1 aromatic carbocycles. The summed E-state index contributed by atoms with van der Waals surface area (Å²) in [4.78, 5) is 23.7. The summed E-state index contributed by atoms with van der Waals surface area (Å²) in [5.41, 5.74) is -0.647. The van der Waals surface area contributed by atoms with Gasteiger partial charge in [0.1, 0.15) is 10.6 Å². The molecule has 0 aliphatic heterocycles. The highest BCUT2D eigenvalue weighted by molar-refractivity contribution is 7.89. The van der Waals surface area contributed by atoms with Crippen LogP contribution in [0.2, 0.25) is 0 Å². The Bertz CT molecular complexity index is 797. The van der Waals surface area contributed by atoms with E-state index in [9.17, 15) is 18.0 Å². The minimum Gasteiger partial charge on any atom is -0.495 e. The molecule has 1 aliphatic carbocycles. The molecule has 0 unspecified atom stereocenters. The molecule has 1 fully saturated rings. The quantitative estimate of drug-likeness (QED) is 0.736. The van der Waals surface area contributed by atoms with Gasteiger partial charge in [-0.05, 0) is 31.0 Å². The highest BCUT2D eigenvalue weighted by atomic mass is 32.2. The Balaban J connectivity index is 2.36. The van der Waals surface area contributed by atoms with Gasteiger partial charge in [0.05, 0.1) is 19.1 Å². The molecular weight excluding hydrogens is 360 g/mol. The van der Waals surface area contributed by atoms with Crippen LogP contribution in [0, 0.1) is 0 Å². The molecule has 2 N–H and O–H groups in total. The standard InChI is InChI=1S/C17H24N2O6S/c1-19(2)26(23,24)14-10-12(6-7-13(14)25-3)16(22)18-17(11-15(20)21)8-4-5-9-17/h6-7,10H,4-5,8-9,11H2,1-3H3,(H,18,22)(H,20,21). The fourth-order valence-corrected chi connectivity index (χ4v) is 4.29. The number of benzene rings is 1. The fourth-order valence-electron chi connectivity index (χ4n) is 3.22. The molecule has 1 amide bonds. The van der Waals surface area contributed by atoms with E-state index in [4.69, 9.17) is 9.84 Å². The van der Waals surface area contributed by atoms with Crippen molar-refractivity contribution < 1.29 is 27.9 Å². The lowest BCUT2D eigenvalue weighted by molar-refractivity contribution is -0.138. The fraction of sp³-hybridized carbons (Fsp3) is 0.529. The molecule has 1 aliphatic rings. The molecule has 2 rings (SSSR count). The third-order valence-corrected chi connectivity index (χ3v) is 6.45. The van der Waals surface area contributed by atoms with Gasteiger partial charge in [0, 0.05) is 19.7 Å². The largest absolute Gasteiger partial charge is 0.495 e. The van der Waals surface area contributed by atoms with E-state index in [1.807, 2.05) is 0 Å². The summed E-state index contributed by atoms with van der Waals surface area (Å²) in [6.45, 7) is 0. The molecule has 1 saturated carbocycles. The summed E-state index contributed by atoms with van der Waals surface area (Å²) in [7, 11) is 0.330. The topological polar surface area (TPSA) is 113 Å². The third-order valence-electron chi connectivity index (χ3n) is 4.61. The maximum absolute atomic E-state index is 12.7. The lowest BCUT2D eigenvalue weighted by Crippen LogP contribution is -2.47. The Morgan fingerprint density at radius 2 is 1.88 bits per heavy atom. The van der Waals surface area contributed by atoms with E-state index in [-0.39, 0.29) is 22.6 Å². The van der Waals surface area contributed by atoms with Crippen molar-refractivity contribution in [3.63, 3.8) is 0 Å². The SMILES string of the molecule is COc1ccc(C(=O)NC2(CC(=O)O)CCCC2)cc1S(=O)(=O)N(C)C. The van der Waals surface area contributed by atoms with Crippen molar-refractivity contribution in [2.75, 3.05) is 21.2 Å². The highest BCUT2D eigenvalue weighted by Gasteiger charge is 2.38.